The molecule has 14 N–H and O–H groups in total. The first-order valence-corrected chi connectivity index (χ1v) is 47.9. The molecule has 0 fully saturated rings. The Morgan fingerprint density at radius 1 is 0.329 bits per heavy atom. The topological polar surface area (TPSA) is 373 Å². The number of hydrogen-bond donors (Lipinski definition) is 10. The summed E-state index contributed by atoms with van der Waals surface area (Å²) in [6.07, 6.45) is -1.03. The third-order valence-electron chi connectivity index (χ3n) is 22.9. The molecule has 12 aromatic rings. The number of aliphatic imine (C=N–C) groups is 4. The lowest BCUT2D eigenvalue weighted by molar-refractivity contribution is -0.122. The highest BCUT2D eigenvalue weighted by Gasteiger charge is 2.38. The molecule has 12 aromatic carbocycles. The average Bonchev–Trinajstić information content (AvgIpc) is 1.68. The molecular weight excluding hydrogens is 1930 g/mol. The third kappa shape index (κ3) is 29.6. The molecule has 4 heterocycles. The summed E-state index contributed by atoms with van der Waals surface area (Å²) in [5.41, 5.74) is 37.7. The van der Waals surface area contributed by atoms with Crippen molar-refractivity contribution in [3.8, 4) is 0 Å². The van der Waals surface area contributed by atoms with Gasteiger partial charge < -0.3 is 54.4 Å². The molecule has 34 heteroatoms. The Balaban J connectivity index is 0.000000157. The lowest BCUT2D eigenvalue weighted by Crippen LogP contribution is -2.54. The van der Waals surface area contributed by atoms with E-state index in [2.05, 4.69) is 74.8 Å². The number of nitrogens with two attached hydrogens (primary N) is 4. The van der Waals surface area contributed by atoms with Gasteiger partial charge in [0.2, 0.25) is 47.5 Å². The molecule has 0 aromatic heterocycles. The molecule has 0 saturated heterocycles. The smallest absolute Gasteiger partial charge is 0.242 e. The number of aliphatic hydroxyl groups excluding tert-OH is 2. The second kappa shape index (κ2) is 50.9. The third-order valence-corrected chi connectivity index (χ3v) is 24.9. The summed E-state index contributed by atoms with van der Waals surface area (Å²) < 4.78 is 0. The molecule has 8 atom stereocenters. The van der Waals surface area contributed by atoms with Crippen LogP contribution in [0.3, 0.4) is 0 Å². The minimum atomic E-state index is -1.04. The van der Waals surface area contributed by atoms with E-state index in [1.54, 1.807) is 39.3 Å². The summed E-state index contributed by atoms with van der Waals surface area (Å²) in [4.78, 5) is 66.6. The Morgan fingerprint density at radius 3 is 0.779 bits per heavy atom. The van der Waals surface area contributed by atoms with Crippen molar-refractivity contribution in [2.75, 3.05) is 39.3 Å². The molecule has 26 nitrogen and oxygen atoms in total. The van der Waals surface area contributed by atoms with E-state index in [4.69, 9.17) is 151 Å². The van der Waals surface area contributed by atoms with Crippen LogP contribution in [0.2, 0.25) is 40.2 Å². The number of primary amides is 4. The van der Waals surface area contributed by atoms with Gasteiger partial charge in [-0.3, -0.25) is 19.2 Å². The number of carbonyl (C=O) groups excluding carboxylic acids is 4. The number of hydrazone groups is 4. The molecule has 16 rings (SSSR count). The number of aliphatic hydroxyl groups is 2. The van der Waals surface area contributed by atoms with E-state index < -0.39 is 54.5 Å². The predicted molar refractivity (Wildman–Crippen MR) is 565 cm³/mol. The van der Waals surface area contributed by atoms with Gasteiger partial charge in [0.1, 0.15) is 18.1 Å². The van der Waals surface area contributed by atoms with Gasteiger partial charge in [0.25, 0.3) is 0 Å². The molecule has 140 heavy (non-hydrogen) atoms. The maximum Gasteiger partial charge on any atom is 0.242 e. The monoisotopic (exact) mass is 2030 g/mol. The van der Waals surface area contributed by atoms with Crippen molar-refractivity contribution in [2.45, 2.75) is 94.9 Å². The van der Waals surface area contributed by atoms with Crippen LogP contribution in [0.25, 0.3) is 0 Å². The highest BCUT2D eigenvalue weighted by atomic mass is 35.5. The molecule has 4 aliphatic heterocycles. The largest absolute Gasteiger partial charge is 0.394 e. The lowest BCUT2D eigenvalue weighted by Gasteiger charge is -2.25. The molecule has 0 spiro atoms. The van der Waals surface area contributed by atoms with Gasteiger partial charge >= 0.3 is 0 Å². The van der Waals surface area contributed by atoms with Crippen molar-refractivity contribution < 1.29 is 29.4 Å². The van der Waals surface area contributed by atoms with Crippen LogP contribution < -0.4 is 44.2 Å². The fourth-order valence-electron chi connectivity index (χ4n) is 15.5. The standard InChI is InChI=1S/C28H29Cl2N5O.C27H27Cl2N5O2.C26H25Cl2N5O2.C25H23Cl2N5O/c1-18(2)25(27(31)36)33-28(32-16-19-8-12-22(29)13-9-19)35-17-24(20-6-4-3-5-7-20)26(34-35)21-10-14-23(30)15-11-21;1-17(35)24(26(30)36)32-27(31-15-18-7-11-21(28)12-8-18)34-16-23(19-5-3-2-4-6-19)25(33-34)20-9-13-22(29)14-10-20;27-20-10-6-17(7-11-20)14-30-26(31-23(16-34)25(29)35)33-15-22(18-4-2-1-3-5-18)24(32-33)19-8-12-21(28)13-9-19;26-20-10-6-17(7-11-20)14-29-25(30-15-23(28)33)32-16-22(18-4-2-1-3-5-18)24(31-32)19-8-12-21(27)13-9-19/h3-15,18,24-25H,16-17H2,1-2H3,(H2,31,36)(H,32,33);2-14,17,23-24,35H,15-16H2,1H3,(H2,30,36)(H,31,32);1-13,22-23,34H,14-16H2,(H2,29,35)(H,30,31);1-13,22H,14-16H2,(H2,28,33)(H,29,30)/t24-,25+;17-,23+,24-;22-,23+;22-/m1011/s1. The summed E-state index contributed by atoms with van der Waals surface area (Å²) in [7, 11) is 0. The van der Waals surface area contributed by atoms with Gasteiger partial charge in [0, 0.05) is 63.9 Å². The molecule has 0 radical (unpaired) electrons. The number of halogens is 8. The van der Waals surface area contributed by atoms with Crippen LogP contribution in [-0.4, -0.2) is 164 Å². The second-order valence-corrected chi connectivity index (χ2v) is 36.8. The van der Waals surface area contributed by atoms with E-state index in [9.17, 15) is 29.4 Å². The first kappa shape index (κ1) is 104. The van der Waals surface area contributed by atoms with Gasteiger partial charge in [0.05, 0.1) is 94.5 Å². The van der Waals surface area contributed by atoms with E-state index in [0.717, 1.165) is 89.6 Å². The zero-order valence-corrected chi connectivity index (χ0v) is 82.6. The van der Waals surface area contributed by atoms with Gasteiger partial charge in [-0.25, -0.2) is 40.0 Å². The van der Waals surface area contributed by atoms with Crippen molar-refractivity contribution in [3.05, 3.63) is 422 Å². The number of rotatable bonds is 27. The van der Waals surface area contributed by atoms with Crippen molar-refractivity contribution in [2.24, 2.45) is 69.2 Å². The number of hydrogen-bond acceptors (Lipinski definition) is 14. The average molecular weight is 2040 g/mol. The highest BCUT2D eigenvalue weighted by Crippen LogP contribution is 2.36. The zero-order chi connectivity index (χ0) is 99.3. The Bertz CT molecular complexity index is 6220. The molecule has 4 aliphatic rings. The Hall–Kier alpha value is -13.5. The SMILES string of the molecule is CC(C)[C@H](NC(=NCc1ccc(Cl)cc1)N1C[C@H](c2ccccc2)C(c2ccc(Cl)cc2)=N1)C(N)=O.C[C@H](O)[C@H](NC(=NCc1ccc(Cl)cc1)N1C[C@H](c2ccccc2)C(c2ccc(Cl)cc2)=N1)C(N)=O.NC(=O)CNC(=NCc1ccc(Cl)cc1)N1C[C@H](c2ccccc2)C(c2ccc(Cl)cc2)=N1.NC(=O)[C@H](CO)NC(=NCc1ccc(Cl)cc1)N1C[C@H](c2ccccc2)C(c2ccc(Cl)cc2)=N1. The molecule has 0 unspecified atom stereocenters. The van der Waals surface area contributed by atoms with Gasteiger partial charge in [-0.1, -0.05) is 325 Å². The minimum Gasteiger partial charge on any atom is -0.394 e. The van der Waals surface area contributed by atoms with E-state index in [-0.39, 0.29) is 36.1 Å². The summed E-state index contributed by atoms with van der Waals surface area (Å²) >= 11 is 48.5. The van der Waals surface area contributed by atoms with Crippen LogP contribution in [-0.2, 0) is 45.4 Å². The first-order valence-electron chi connectivity index (χ1n) is 44.9. The second-order valence-electron chi connectivity index (χ2n) is 33.4. The van der Waals surface area contributed by atoms with Crippen molar-refractivity contribution in [1.29, 1.82) is 0 Å². The van der Waals surface area contributed by atoms with Crippen molar-refractivity contribution in [1.82, 2.24) is 41.3 Å². The van der Waals surface area contributed by atoms with E-state index in [1.807, 2.05) is 262 Å². The van der Waals surface area contributed by atoms with Gasteiger partial charge in [-0.15, -0.1) is 0 Å². The van der Waals surface area contributed by atoms with E-state index in [0.29, 0.717) is 116 Å². The maximum atomic E-state index is 12.2. The highest BCUT2D eigenvalue weighted by molar-refractivity contribution is 6.33. The van der Waals surface area contributed by atoms with Crippen molar-refractivity contribution in [3.63, 3.8) is 0 Å². The first-order chi connectivity index (χ1) is 67.6. The molecule has 4 amide bonds. The number of guanidine groups is 4. The normalized spacial score (nSPS) is 16.7. The quantitative estimate of drug-likeness (QED) is 0.0169. The summed E-state index contributed by atoms with van der Waals surface area (Å²) in [5, 5.41) is 64.1. The van der Waals surface area contributed by atoms with Gasteiger partial charge in [-0.2, -0.15) is 20.4 Å². The minimum absolute atomic E-state index is 0.000912. The lowest BCUT2D eigenvalue weighted by atomic mass is 9.91. The number of carbonyl (C=O) groups is 4. The summed E-state index contributed by atoms with van der Waals surface area (Å²) in [5.74, 6) is -0.783. The Morgan fingerprint density at radius 2 is 0.557 bits per heavy atom. The molecule has 0 saturated carbocycles. The summed E-state index contributed by atoms with van der Waals surface area (Å²) in [6.45, 7) is 8.35. The Kier molecular flexibility index (Phi) is 37.8. The van der Waals surface area contributed by atoms with Crippen molar-refractivity contribution >= 4 is 163 Å². The Labute approximate surface area is 853 Å². The number of benzene rings is 12. The number of nitrogens with one attached hydrogen (secondary N) is 4. The molecule has 0 bridgehead atoms. The molecule has 720 valence electrons. The molecular formula is C106H104Cl8N20O6. The van der Waals surface area contributed by atoms with Crippen LogP contribution >= 0.6 is 92.8 Å². The van der Waals surface area contributed by atoms with Crippen LogP contribution in [0.15, 0.2) is 356 Å². The van der Waals surface area contributed by atoms with Crippen LogP contribution in [0.5, 0.6) is 0 Å². The van der Waals surface area contributed by atoms with Gasteiger partial charge in [0.15, 0.2) is 0 Å². The predicted octanol–water partition coefficient (Wildman–Crippen LogP) is 17.8. The molecule has 0 aliphatic carbocycles. The fourth-order valence-corrected chi connectivity index (χ4v) is 16.5. The number of amides is 4. The zero-order valence-electron chi connectivity index (χ0n) is 76.5. The van der Waals surface area contributed by atoms with Crippen LogP contribution in [0.1, 0.15) is 111 Å². The maximum absolute atomic E-state index is 12.2. The number of nitrogens with zero attached hydrogens (tertiary/aromatic N) is 12. The van der Waals surface area contributed by atoms with Crippen LogP contribution in [0, 0.1) is 5.92 Å². The van der Waals surface area contributed by atoms with E-state index >= 15 is 0 Å². The summed E-state index contributed by atoms with van der Waals surface area (Å²) in [6, 6.07) is 97.8. The fraction of sp³-hybridized carbons (Fsp3) is 0.208. The van der Waals surface area contributed by atoms with E-state index in [1.165, 1.54) is 6.92 Å². The van der Waals surface area contributed by atoms with Gasteiger partial charge in [-0.05, 0) is 177 Å². The van der Waals surface area contributed by atoms with Crippen LogP contribution in [0.4, 0.5) is 0 Å².